The van der Waals surface area contributed by atoms with Gasteiger partial charge in [0, 0.05) is 32.9 Å². The molecule has 0 bridgehead atoms. The van der Waals surface area contributed by atoms with Crippen LogP contribution in [0.5, 0.6) is 0 Å². The second-order valence-corrected chi connectivity index (χ2v) is 5.75. The maximum Gasteiger partial charge on any atom is 0.416 e. The first-order chi connectivity index (χ1) is 11.4. The van der Waals surface area contributed by atoms with Crippen molar-refractivity contribution in [3.8, 4) is 0 Å². The van der Waals surface area contributed by atoms with E-state index in [0.29, 0.717) is 25.2 Å². The van der Waals surface area contributed by atoms with Gasteiger partial charge in [-0.05, 0) is 29.3 Å². The second-order valence-electron chi connectivity index (χ2n) is 5.75. The summed E-state index contributed by atoms with van der Waals surface area (Å²) in [6.45, 7) is 1.77. The van der Waals surface area contributed by atoms with E-state index in [2.05, 4.69) is 15.2 Å². The summed E-state index contributed by atoms with van der Waals surface area (Å²) >= 11 is 0. The number of carbonyl (C=O) groups excluding carboxylic acids is 1. The number of alkyl halides is 3. The van der Waals surface area contributed by atoms with Crippen LogP contribution in [0.15, 0.2) is 36.5 Å². The Bertz CT molecular complexity index is 757. The Morgan fingerprint density at radius 1 is 1.25 bits per heavy atom. The SMILES string of the molecule is CNC(=O)c1cnc2c(c1)CN(Cc1ccc(C(F)(F)F)cc1)C2. The van der Waals surface area contributed by atoms with Gasteiger partial charge in [-0.1, -0.05) is 12.1 Å². The third kappa shape index (κ3) is 3.41. The van der Waals surface area contributed by atoms with Crippen LogP contribution in [-0.4, -0.2) is 22.8 Å². The summed E-state index contributed by atoms with van der Waals surface area (Å²) in [7, 11) is 1.56. The van der Waals surface area contributed by atoms with Crippen molar-refractivity contribution in [1.82, 2.24) is 15.2 Å². The fourth-order valence-corrected chi connectivity index (χ4v) is 2.76. The standard InChI is InChI=1S/C17H16F3N3O/c1-21-16(24)12-6-13-9-23(10-15(13)22-7-12)8-11-2-4-14(5-3-11)17(18,19)20/h2-7H,8-10H2,1H3,(H,21,24). The molecule has 0 unspecified atom stereocenters. The Morgan fingerprint density at radius 3 is 2.58 bits per heavy atom. The highest BCUT2D eigenvalue weighted by molar-refractivity contribution is 5.93. The quantitative estimate of drug-likeness (QED) is 0.938. The monoisotopic (exact) mass is 335 g/mol. The number of benzene rings is 1. The molecule has 0 radical (unpaired) electrons. The smallest absolute Gasteiger partial charge is 0.355 e. The molecule has 2 heterocycles. The minimum Gasteiger partial charge on any atom is -0.355 e. The largest absolute Gasteiger partial charge is 0.416 e. The highest BCUT2D eigenvalue weighted by Crippen LogP contribution is 2.30. The molecule has 1 aliphatic heterocycles. The van der Waals surface area contributed by atoms with Crippen LogP contribution in [0, 0.1) is 0 Å². The van der Waals surface area contributed by atoms with E-state index >= 15 is 0 Å². The number of hydrogen-bond acceptors (Lipinski definition) is 3. The van der Waals surface area contributed by atoms with E-state index in [0.717, 1.165) is 29.0 Å². The molecule has 1 aromatic heterocycles. The van der Waals surface area contributed by atoms with Crippen molar-refractivity contribution in [2.75, 3.05) is 7.05 Å². The van der Waals surface area contributed by atoms with E-state index in [9.17, 15) is 18.0 Å². The van der Waals surface area contributed by atoms with Gasteiger partial charge in [-0.15, -0.1) is 0 Å². The third-order valence-corrected chi connectivity index (χ3v) is 4.00. The van der Waals surface area contributed by atoms with E-state index in [1.807, 2.05) is 6.07 Å². The normalized spacial score (nSPS) is 14.5. The summed E-state index contributed by atoms with van der Waals surface area (Å²) in [6, 6.07) is 7.00. The van der Waals surface area contributed by atoms with Gasteiger partial charge in [0.2, 0.25) is 0 Å². The van der Waals surface area contributed by atoms with Crippen LogP contribution in [0.2, 0.25) is 0 Å². The summed E-state index contributed by atoms with van der Waals surface area (Å²) in [5.74, 6) is -0.188. The molecule has 4 nitrogen and oxygen atoms in total. The molecule has 1 aliphatic rings. The van der Waals surface area contributed by atoms with Crippen molar-refractivity contribution in [2.24, 2.45) is 0 Å². The number of hydrogen-bond donors (Lipinski definition) is 1. The van der Waals surface area contributed by atoms with Crippen molar-refractivity contribution in [1.29, 1.82) is 0 Å². The number of carbonyl (C=O) groups is 1. The molecule has 0 saturated heterocycles. The Morgan fingerprint density at radius 2 is 1.96 bits per heavy atom. The summed E-state index contributed by atoms with van der Waals surface area (Å²) in [6.07, 6.45) is -2.78. The lowest BCUT2D eigenvalue weighted by Gasteiger charge is -2.15. The number of halogens is 3. The number of rotatable bonds is 3. The first-order valence-corrected chi connectivity index (χ1v) is 7.45. The Labute approximate surface area is 137 Å². The summed E-state index contributed by atoms with van der Waals surface area (Å²) in [5, 5.41) is 2.56. The second kappa shape index (κ2) is 6.24. The van der Waals surface area contributed by atoms with Crippen LogP contribution in [0.4, 0.5) is 13.2 Å². The molecule has 1 amide bonds. The molecule has 126 valence electrons. The van der Waals surface area contributed by atoms with Crippen LogP contribution < -0.4 is 5.32 Å². The average Bonchev–Trinajstić information content (AvgIpc) is 2.95. The summed E-state index contributed by atoms with van der Waals surface area (Å²) in [5.41, 5.74) is 2.54. The zero-order valence-corrected chi connectivity index (χ0v) is 13.0. The lowest BCUT2D eigenvalue weighted by Crippen LogP contribution is -2.18. The lowest BCUT2D eigenvalue weighted by atomic mass is 10.1. The number of nitrogens with one attached hydrogen (secondary N) is 1. The molecule has 1 N–H and O–H groups in total. The number of fused-ring (bicyclic) bond motifs is 1. The van der Waals surface area contributed by atoms with Gasteiger partial charge in [0.25, 0.3) is 5.91 Å². The highest BCUT2D eigenvalue weighted by atomic mass is 19.4. The number of nitrogens with zero attached hydrogens (tertiary/aromatic N) is 2. The van der Waals surface area contributed by atoms with Crippen LogP contribution in [0.3, 0.4) is 0 Å². The van der Waals surface area contributed by atoms with Crippen molar-refractivity contribution in [3.05, 3.63) is 64.5 Å². The molecule has 7 heteroatoms. The van der Waals surface area contributed by atoms with Gasteiger partial charge < -0.3 is 5.32 Å². The fourth-order valence-electron chi connectivity index (χ4n) is 2.76. The van der Waals surface area contributed by atoms with E-state index in [-0.39, 0.29) is 5.91 Å². The lowest BCUT2D eigenvalue weighted by molar-refractivity contribution is -0.137. The molecular weight excluding hydrogens is 319 g/mol. The molecule has 2 aromatic rings. The van der Waals surface area contributed by atoms with Gasteiger partial charge in [-0.25, -0.2) is 0 Å². The van der Waals surface area contributed by atoms with E-state index in [1.165, 1.54) is 12.1 Å². The molecule has 0 spiro atoms. The minimum atomic E-state index is -4.32. The number of aromatic nitrogens is 1. The Kier molecular flexibility index (Phi) is 4.28. The van der Waals surface area contributed by atoms with Crippen LogP contribution in [0.1, 0.15) is 32.7 Å². The average molecular weight is 335 g/mol. The van der Waals surface area contributed by atoms with Crippen molar-refractivity contribution in [3.63, 3.8) is 0 Å². The topological polar surface area (TPSA) is 45.2 Å². The molecule has 0 atom stereocenters. The zero-order chi connectivity index (χ0) is 17.3. The Balaban J connectivity index is 1.69. The van der Waals surface area contributed by atoms with Crippen molar-refractivity contribution in [2.45, 2.75) is 25.8 Å². The van der Waals surface area contributed by atoms with Crippen molar-refractivity contribution < 1.29 is 18.0 Å². The van der Waals surface area contributed by atoms with Crippen LogP contribution in [-0.2, 0) is 25.8 Å². The molecule has 3 rings (SSSR count). The van der Waals surface area contributed by atoms with E-state index in [4.69, 9.17) is 0 Å². The van der Waals surface area contributed by atoms with Crippen molar-refractivity contribution >= 4 is 5.91 Å². The van der Waals surface area contributed by atoms with Gasteiger partial charge in [-0.3, -0.25) is 14.7 Å². The number of amides is 1. The van der Waals surface area contributed by atoms with Gasteiger partial charge in [0.15, 0.2) is 0 Å². The predicted octanol–water partition coefficient (Wildman–Crippen LogP) is 2.98. The molecular formula is C17H16F3N3O. The first kappa shape index (κ1) is 16.4. The van der Waals surface area contributed by atoms with E-state index < -0.39 is 11.7 Å². The molecule has 24 heavy (non-hydrogen) atoms. The van der Waals surface area contributed by atoms with Gasteiger partial charge in [0.05, 0.1) is 16.8 Å². The van der Waals surface area contributed by atoms with Gasteiger partial charge in [-0.2, -0.15) is 13.2 Å². The molecule has 0 fully saturated rings. The minimum absolute atomic E-state index is 0.188. The van der Waals surface area contributed by atoms with Gasteiger partial charge in [0.1, 0.15) is 0 Å². The summed E-state index contributed by atoms with van der Waals surface area (Å²) in [4.78, 5) is 18.0. The van der Waals surface area contributed by atoms with Crippen LogP contribution in [0.25, 0.3) is 0 Å². The summed E-state index contributed by atoms with van der Waals surface area (Å²) < 4.78 is 37.8. The predicted molar refractivity (Wildman–Crippen MR) is 82.0 cm³/mol. The van der Waals surface area contributed by atoms with Crippen LogP contribution >= 0.6 is 0 Å². The fraction of sp³-hybridized carbons (Fsp3) is 0.294. The Hall–Kier alpha value is -2.41. The highest BCUT2D eigenvalue weighted by Gasteiger charge is 2.30. The molecule has 0 aliphatic carbocycles. The van der Waals surface area contributed by atoms with E-state index in [1.54, 1.807) is 13.2 Å². The maximum absolute atomic E-state index is 12.6. The molecule has 1 aromatic carbocycles. The number of pyridine rings is 1. The third-order valence-electron chi connectivity index (χ3n) is 4.00. The maximum atomic E-state index is 12.6. The van der Waals surface area contributed by atoms with Gasteiger partial charge >= 0.3 is 6.18 Å². The molecule has 0 saturated carbocycles. The zero-order valence-electron chi connectivity index (χ0n) is 13.0. The first-order valence-electron chi connectivity index (χ1n) is 7.45.